The van der Waals surface area contributed by atoms with Gasteiger partial charge in [-0.3, -0.25) is 19.3 Å². The first kappa shape index (κ1) is 20.1. The predicted octanol–water partition coefficient (Wildman–Crippen LogP) is 0.736. The van der Waals surface area contributed by atoms with Gasteiger partial charge in [0.25, 0.3) is 11.8 Å². The fraction of sp³-hybridized carbons (Fsp3) is 0.375. The molecule has 2 amide bonds. The van der Waals surface area contributed by atoms with Crippen LogP contribution in [0.1, 0.15) is 6.92 Å². The molecule has 2 rings (SSSR count). The summed E-state index contributed by atoms with van der Waals surface area (Å²) in [6.07, 6.45) is 0. The minimum Gasteiger partial charge on any atom is -0.484 e. The number of methoxy groups -OCH3 is 1. The van der Waals surface area contributed by atoms with Crippen LogP contribution in [-0.4, -0.2) is 58.4 Å². The van der Waals surface area contributed by atoms with Crippen molar-refractivity contribution in [3.63, 3.8) is 0 Å². The number of nitrogens with zero attached hydrogens (tertiary/aromatic N) is 1. The molecule has 0 spiro atoms. The van der Waals surface area contributed by atoms with Crippen LogP contribution in [0, 0.1) is 0 Å². The summed E-state index contributed by atoms with van der Waals surface area (Å²) in [5.41, 5.74) is -1.38. The molecule has 0 aromatic heterocycles. The van der Waals surface area contributed by atoms with Crippen molar-refractivity contribution >= 4 is 46.3 Å². The monoisotopic (exact) mass is 400 g/mol. The summed E-state index contributed by atoms with van der Waals surface area (Å²) in [7, 11) is 1.13. The first-order chi connectivity index (χ1) is 12.3. The van der Waals surface area contributed by atoms with Crippen molar-refractivity contribution < 1.29 is 28.7 Å². The SMILES string of the molecule is COC(=O)C(Cl)N1C(=O)[C@@H](NC(=O)COc2ccccc2)[C@H]1SC(C)=O. The van der Waals surface area contributed by atoms with E-state index in [9.17, 15) is 19.2 Å². The summed E-state index contributed by atoms with van der Waals surface area (Å²) < 4.78 is 9.82. The van der Waals surface area contributed by atoms with Gasteiger partial charge in [-0.1, -0.05) is 41.6 Å². The van der Waals surface area contributed by atoms with Crippen LogP contribution in [0.5, 0.6) is 5.75 Å². The molecule has 0 bridgehead atoms. The van der Waals surface area contributed by atoms with Crippen LogP contribution < -0.4 is 10.1 Å². The molecule has 10 heteroatoms. The number of hydrogen-bond donors (Lipinski definition) is 1. The van der Waals surface area contributed by atoms with Gasteiger partial charge in [-0.2, -0.15) is 0 Å². The molecule has 0 radical (unpaired) electrons. The number of rotatable bonds is 7. The van der Waals surface area contributed by atoms with Crippen LogP contribution in [0.25, 0.3) is 0 Å². The standard InChI is InChI=1S/C16H17ClN2O6S/c1-9(20)26-15-12(14(22)19(15)13(17)16(23)24-2)18-11(21)8-25-10-6-4-3-5-7-10/h3-7,12-13,15H,8H2,1-2H3,(H,18,21)/t12-,13?,15-/m1/s1. The summed E-state index contributed by atoms with van der Waals surface area (Å²) in [4.78, 5) is 48.3. The van der Waals surface area contributed by atoms with Crippen LogP contribution in [0.15, 0.2) is 30.3 Å². The predicted molar refractivity (Wildman–Crippen MR) is 94.4 cm³/mol. The maximum Gasteiger partial charge on any atom is 0.344 e. The third kappa shape index (κ3) is 4.67. The number of esters is 1. The van der Waals surface area contributed by atoms with Crippen molar-refractivity contribution in [3.8, 4) is 5.75 Å². The number of thioether (sulfide) groups is 1. The molecule has 1 heterocycles. The molecule has 1 unspecified atom stereocenters. The van der Waals surface area contributed by atoms with Gasteiger partial charge < -0.3 is 14.8 Å². The summed E-state index contributed by atoms with van der Waals surface area (Å²) in [6.45, 7) is 1.01. The molecule has 8 nitrogen and oxygen atoms in total. The summed E-state index contributed by atoms with van der Waals surface area (Å²) in [5, 5.41) is 1.40. The highest BCUT2D eigenvalue weighted by molar-refractivity contribution is 8.14. The number of β-lactam (4-membered cyclic amide) rings is 1. The van der Waals surface area contributed by atoms with Crippen LogP contribution in [-0.2, 0) is 23.9 Å². The summed E-state index contributed by atoms with van der Waals surface area (Å²) in [5.74, 6) is -1.44. The van der Waals surface area contributed by atoms with Crippen LogP contribution >= 0.6 is 23.4 Å². The normalized spacial score (nSPS) is 20.0. The van der Waals surface area contributed by atoms with Gasteiger partial charge in [0, 0.05) is 6.92 Å². The Kier molecular flexibility index (Phi) is 6.87. The van der Waals surface area contributed by atoms with Crippen LogP contribution in [0.4, 0.5) is 0 Å². The Labute approximate surface area is 159 Å². The largest absolute Gasteiger partial charge is 0.484 e. The summed E-state index contributed by atoms with van der Waals surface area (Å²) >= 11 is 6.71. The lowest BCUT2D eigenvalue weighted by atomic mass is 10.1. The number of likely N-dealkylation sites (tertiary alicyclic amines) is 1. The van der Waals surface area contributed by atoms with Crippen LogP contribution in [0.3, 0.4) is 0 Å². The molecule has 0 saturated carbocycles. The number of benzene rings is 1. The third-order valence-electron chi connectivity index (χ3n) is 3.44. The molecule has 1 fully saturated rings. The second-order valence-corrected chi connectivity index (χ2v) is 6.96. The van der Waals surface area contributed by atoms with E-state index < -0.39 is 34.7 Å². The Bertz CT molecular complexity index is 701. The van der Waals surface area contributed by atoms with E-state index in [-0.39, 0.29) is 11.7 Å². The van der Waals surface area contributed by atoms with Gasteiger partial charge in [0.2, 0.25) is 5.50 Å². The van der Waals surface area contributed by atoms with Crippen molar-refractivity contribution in [1.29, 1.82) is 0 Å². The van der Waals surface area contributed by atoms with E-state index in [2.05, 4.69) is 10.1 Å². The second-order valence-electron chi connectivity index (χ2n) is 5.25. The van der Waals surface area contributed by atoms with E-state index >= 15 is 0 Å². The minimum absolute atomic E-state index is 0.291. The maximum atomic E-state index is 12.3. The van der Waals surface area contributed by atoms with Gasteiger partial charge in [0.05, 0.1) is 7.11 Å². The zero-order chi connectivity index (χ0) is 19.3. The number of nitrogens with one attached hydrogen (secondary N) is 1. The second kappa shape index (κ2) is 8.91. The number of halogens is 1. The average molecular weight is 401 g/mol. The lowest BCUT2D eigenvalue weighted by molar-refractivity contribution is -0.159. The van der Waals surface area contributed by atoms with E-state index in [1.54, 1.807) is 24.3 Å². The van der Waals surface area contributed by atoms with E-state index in [0.717, 1.165) is 23.8 Å². The lowest BCUT2D eigenvalue weighted by Crippen LogP contribution is -2.72. The number of hydrogen-bond acceptors (Lipinski definition) is 7. The Hall–Kier alpha value is -2.26. The average Bonchev–Trinajstić information content (AvgIpc) is 2.63. The number of carbonyl (C=O) groups is 4. The highest BCUT2D eigenvalue weighted by Crippen LogP contribution is 2.34. The number of ether oxygens (including phenoxy) is 2. The van der Waals surface area contributed by atoms with Crippen molar-refractivity contribution in [2.75, 3.05) is 13.7 Å². The van der Waals surface area contributed by atoms with Crippen molar-refractivity contribution in [2.24, 2.45) is 0 Å². The molecule has 1 saturated heterocycles. The van der Waals surface area contributed by atoms with Gasteiger partial charge in [-0.05, 0) is 12.1 Å². The minimum atomic E-state index is -1.38. The highest BCUT2D eigenvalue weighted by atomic mass is 35.5. The zero-order valence-electron chi connectivity index (χ0n) is 14.0. The number of carbonyl (C=O) groups excluding carboxylic acids is 4. The Morgan fingerprint density at radius 2 is 1.96 bits per heavy atom. The third-order valence-corrected chi connectivity index (χ3v) is 4.90. The van der Waals surface area contributed by atoms with E-state index in [1.165, 1.54) is 6.92 Å². The molecular weight excluding hydrogens is 384 g/mol. The van der Waals surface area contributed by atoms with E-state index in [1.807, 2.05) is 6.07 Å². The number of alkyl halides is 1. The summed E-state index contributed by atoms with van der Waals surface area (Å²) in [6, 6.07) is 7.71. The molecule has 1 aliphatic heterocycles. The van der Waals surface area contributed by atoms with Crippen molar-refractivity contribution in [3.05, 3.63) is 30.3 Å². The first-order valence-electron chi connectivity index (χ1n) is 7.53. The molecule has 1 aromatic carbocycles. The van der Waals surface area contributed by atoms with E-state index in [0.29, 0.717) is 5.75 Å². The zero-order valence-corrected chi connectivity index (χ0v) is 15.6. The number of para-hydroxylation sites is 1. The van der Waals surface area contributed by atoms with Gasteiger partial charge in [0.15, 0.2) is 11.7 Å². The topological polar surface area (TPSA) is 102 Å². The molecule has 26 heavy (non-hydrogen) atoms. The quantitative estimate of drug-likeness (QED) is 0.311. The Morgan fingerprint density at radius 1 is 1.31 bits per heavy atom. The first-order valence-corrected chi connectivity index (χ1v) is 8.85. The van der Waals surface area contributed by atoms with Crippen LogP contribution in [0.2, 0.25) is 0 Å². The lowest BCUT2D eigenvalue weighted by Gasteiger charge is -2.47. The van der Waals surface area contributed by atoms with Crippen molar-refractivity contribution in [2.45, 2.75) is 23.8 Å². The molecule has 1 N–H and O–H groups in total. The Morgan fingerprint density at radius 3 is 2.54 bits per heavy atom. The van der Waals surface area contributed by atoms with Gasteiger partial charge >= 0.3 is 5.97 Å². The molecule has 3 atom stereocenters. The van der Waals surface area contributed by atoms with Gasteiger partial charge in [-0.15, -0.1) is 0 Å². The molecule has 140 valence electrons. The fourth-order valence-electron chi connectivity index (χ4n) is 2.25. The fourth-order valence-corrected chi connectivity index (χ4v) is 3.62. The Balaban J connectivity index is 1.98. The van der Waals surface area contributed by atoms with Crippen molar-refractivity contribution in [1.82, 2.24) is 10.2 Å². The van der Waals surface area contributed by atoms with E-state index in [4.69, 9.17) is 16.3 Å². The molecule has 0 aliphatic carbocycles. The van der Waals surface area contributed by atoms with Gasteiger partial charge in [0.1, 0.15) is 17.2 Å². The maximum absolute atomic E-state index is 12.3. The molecular formula is C16H17ClN2O6S. The molecule has 1 aromatic rings. The molecule has 1 aliphatic rings. The van der Waals surface area contributed by atoms with Gasteiger partial charge in [-0.25, -0.2) is 4.79 Å². The highest BCUT2D eigenvalue weighted by Gasteiger charge is 2.53. The smallest absolute Gasteiger partial charge is 0.344 e. The number of amides is 2.